The van der Waals surface area contributed by atoms with E-state index in [-0.39, 0.29) is 21.8 Å². The molecule has 0 aliphatic heterocycles. The minimum absolute atomic E-state index is 0.0310. The van der Waals surface area contributed by atoms with E-state index in [4.69, 9.17) is 21.1 Å². The summed E-state index contributed by atoms with van der Waals surface area (Å²) in [6.45, 7) is 2.37. The average molecular weight is 546 g/mol. The van der Waals surface area contributed by atoms with E-state index in [0.29, 0.717) is 30.5 Å². The summed E-state index contributed by atoms with van der Waals surface area (Å²) in [5.74, 6) is -0.471. The third-order valence-corrected chi connectivity index (χ3v) is 7.20. The highest BCUT2D eigenvalue weighted by molar-refractivity contribution is 7.92. The van der Waals surface area contributed by atoms with Gasteiger partial charge in [0.1, 0.15) is 12.3 Å². The maximum atomic E-state index is 13.6. The van der Waals surface area contributed by atoms with Gasteiger partial charge in [0.2, 0.25) is 5.91 Å². The van der Waals surface area contributed by atoms with Gasteiger partial charge in [-0.05, 0) is 67.6 Å². The molecule has 2 N–H and O–H groups in total. The maximum absolute atomic E-state index is 13.6. The summed E-state index contributed by atoms with van der Waals surface area (Å²) in [6.07, 6.45) is 0. The summed E-state index contributed by atoms with van der Waals surface area (Å²) in [4.78, 5) is 25.7. The number of para-hydroxylation sites is 1. The molecule has 9 nitrogen and oxygen atoms in total. The summed E-state index contributed by atoms with van der Waals surface area (Å²) >= 11 is 5.93. The molecule has 0 spiro atoms. The molecule has 0 bridgehead atoms. The van der Waals surface area contributed by atoms with Crippen LogP contribution in [0, 0.1) is 0 Å². The van der Waals surface area contributed by atoms with E-state index >= 15 is 0 Å². The van der Waals surface area contributed by atoms with Gasteiger partial charge in [-0.15, -0.1) is 0 Å². The van der Waals surface area contributed by atoms with E-state index in [0.717, 1.165) is 4.31 Å². The maximum Gasteiger partial charge on any atom is 0.264 e. The number of benzene rings is 3. The van der Waals surface area contributed by atoms with Crippen molar-refractivity contribution in [1.82, 2.24) is 5.32 Å². The molecule has 3 aromatic carbocycles. The Morgan fingerprint density at radius 3 is 2.30 bits per heavy atom. The predicted octanol–water partition coefficient (Wildman–Crippen LogP) is 3.95. The molecule has 3 aromatic rings. The number of anilines is 2. The summed E-state index contributed by atoms with van der Waals surface area (Å²) in [6, 6.07) is 18.5. The van der Waals surface area contributed by atoms with Gasteiger partial charge in [0.05, 0.1) is 35.0 Å². The highest BCUT2D eigenvalue weighted by Gasteiger charge is 2.28. The van der Waals surface area contributed by atoms with E-state index in [1.54, 1.807) is 48.5 Å². The molecule has 0 saturated carbocycles. The number of hydrogen-bond donors (Lipinski definition) is 2. The molecule has 196 valence electrons. The molecule has 0 fully saturated rings. The van der Waals surface area contributed by atoms with E-state index in [2.05, 4.69) is 10.6 Å². The number of rotatable bonds is 12. The Kier molecular flexibility index (Phi) is 9.90. The average Bonchev–Trinajstić information content (AvgIpc) is 2.88. The highest BCUT2D eigenvalue weighted by Crippen LogP contribution is 2.27. The number of nitrogens with one attached hydrogen (secondary N) is 2. The van der Waals surface area contributed by atoms with E-state index in [1.807, 2.05) is 6.92 Å². The first kappa shape index (κ1) is 28.0. The first-order valence-corrected chi connectivity index (χ1v) is 13.2. The van der Waals surface area contributed by atoms with Crippen molar-refractivity contribution in [2.24, 2.45) is 0 Å². The molecule has 0 aliphatic rings. The molecule has 0 heterocycles. The van der Waals surface area contributed by atoms with Gasteiger partial charge in [0.15, 0.2) is 0 Å². The fourth-order valence-electron chi connectivity index (χ4n) is 3.40. The van der Waals surface area contributed by atoms with Crippen molar-refractivity contribution in [3.05, 3.63) is 83.4 Å². The molecule has 0 unspecified atom stereocenters. The zero-order chi connectivity index (χ0) is 26.8. The van der Waals surface area contributed by atoms with Gasteiger partial charge in [-0.25, -0.2) is 8.42 Å². The molecule has 2 amide bonds. The largest absolute Gasteiger partial charge is 0.494 e. The number of hydrogen-bond acceptors (Lipinski definition) is 6. The van der Waals surface area contributed by atoms with Crippen molar-refractivity contribution < 1.29 is 27.5 Å². The van der Waals surface area contributed by atoms with Crippen LogP contribution in [0.2, 0.25) is 5.02 Å². The number of nitrogens with zero attached hydrogens (tertiary/aromatic N) is 1. The van der Waals surface area contributed by atoms with Crippen LogP contribution in [0.1, 0.15) is 17.3 Å². The Labute approximate surface area is 221 Å². The number of ether oxygens (including phenoxy) is 2. The fourth-order valence-corrected chi connectivity index (χ4v) is 4.94. The Morgan fingerprint density at radius 1 is 0.973 bits per heavy atom. The molecule has 0 aliphatic carbocycles. The van der Waals surface area contributed by atoms with Crippen LogP contribution in [0.15, 0.2) is 77.7 Å². The zero-order valence-corrected chi connectivity index (χ0v) is 22.0. The van der Waals surface area contributed by atoms with Gasteiger partial charge in [0, 0.05) is 18.7 Å². The van der Waals surface area contributed by atoms with Crippen molar-refractivity contribution >= 4 is 44.8 Å². The Hall–Kier alpha value is -3.60. The van der Waals surface area contributed by atoms with Crippen LogP contribution >= 0.6 is 11.6 Å². The number of methoxy groups -OCH3 is 1. The Morgan fingerprint density at radius 2 is 1.65 bits per heavy atom. The lowest BCUT2D eigenvalue weighted by atomic mass is 10.1. The van der Waals surface area contributed by atoms with Crippen molar-refractivity contribution in [2.75, 3.05) is 43.0 Å². The van der Waals surface area contributed by atoms with Gasteiger partial charge in [-0.1, -0.05) is 23.7 Å². The molecule has 0 atom stereocenters. The summed E-state index contributed by atoms with van der Waals surface area (Å²) in [7, 11) is -2.62. The number of halogens is 1. The van der Waals surface area contributed by atoms with Gasteiger partial charge >= 0.3 is 0 Å². The van der Waals surface area contributed by atoms with Gasteiger partial charge < -0.3 is 20.1 Å². The lowest BCUT2D eigenvalue weighted by Gasteiger charge is -2.24. The molecule has 0 radical (unpaired) electrons. The number of amides is 2. The van der Waals surface area contributed by atoms with Crippen molar-refractivity contribution in [3.8, 4) is 5.75 Å². The predicted molar refractivity (Wildman–Crippen MR) is 143 cm³/mol. The first-order chi connectivity index (χ1) is 17.8. The van der Waals surface area contributed by atoms with Crippen LogP contribution in [0.4, 0.5) is 11.4 Å². The highest BCUT2D eigenvalue weighted by atomic mass is 35.5. The first-order valence-electron chi connectivity index (χ1n) is 11.4. The third-order valence-electron chi connectivity index (χ3n) is 5.16. The summed E-state index contributed by atoms with van der Waals surface area (Å²) in [5, 5.41) is 5.74. The second-order valence-corrected chi connectivity index (χ2v) is 10.0. The molecule has 0 saturated heterocycles. The molecule has 0 aromatic heterocycles. The second kappa shape index (κ2) is 13.1. The van der Waals surface area contributed by atoms with Crippen LogP contribution < -0.4 is 19.7 Å². The fraction of sp³-hybridized carbons (Fsp3) is 0.231. The van der Waals surface area contributed by atoms with E-state index < -0.39 is 28.4 Å². The number of sulfonamides is 1. The van der Waals surface area contributed by atoms with Gasteiger partial charge in [0.25, 0.3) is 15.9 Å². The van der Waals surface area contributed by atoms with Crippen LogP contribution in [-0.2, 0) is 19.6 Å². The van der Waals surface area contributed by atoms with Gasteiger partial charge in [-0.3, -0.25) is 13.9 Å². The molecule has 3 rings (SSSR count). The smallest absolute Gasteiger partial charge is 0.264 e. The zero-order valence-electron chi connectivity index (χ0n) is 20.4. The Balaban J connectivity index is 1.89. The van der Waals surface area contributed by atoms with Crippen molar-refractivity contribution in [1.29, 1.82) is 0 Å². The minimum Gasteiger partial charge on any atom is -0.494 e. The second-order valence-electron chi connectivity index (χ2n) is 7.73. The SMILES string of the molecule is CCOc1ccc(N(CC(=O)Nc2ccccc2C(=O)NCCOC)S(=O)(=O)c2ccc(Cl)cc2)cc1. The molecular weight excluding hydrogens is 518 g/mol. The van der Waals surface area contributed by atoms with Crippen LogP contribution in [0.25, 0.3) is 0 Å². The number of carbonyl (C=O) groups is 2. The minimum atomic E-state index is -4.14. The van der Waals surface area contributed by atoms with Crippen LogP contribution in [-0.4, -0.2) is 53.6 Å². The summed E-state index contributed by atoms with van der Waals surface area (Å²) < 4.78 is 38.5. The summed E-state index contributed by atoms with van der Waals surface area (Å²) in [5.41, 5.74) is 0.747. The van der Waals surface area contributed by atoms with Crippen LogP contribution in [0.5, 0.6) is 5.75 Å². The lowest BCUT2D eigenvalue weighted by Crippen LogP contribution is -2.38. The lowest BCUT2D eigenvalue weighted by molar-refractivity contribution is -0.114. The van der Waals surface area contributed by atoms with Crippen LogP contribution in [0.3, 0.4) is 0 Å². The third kappa shape index (κ3) is 7.45. The number of carbonyl (C=O) groups excluding carboxylic acids is 2. The monoisotopic (exact) mass is 545 g/mol. The topological polar surface area (TPSA) is 114 Å². The Bertz CT molecular complexity index is 1310. The molecular formula is C26H28ClN3O6S. The van der Waals surface area contributed by atoms with Crippen molar-refractivity contribution in [2.45, 2.75) is 11.8 Å². The van der Waals surface area contributed by atoms with Gasteiger partial charge in [-0.2, -0.15) is 0 Å². The van der Waals surface area contributed by atoms with E-state index in [9.17, 15) is 18.0 Å². The van der Waals surface area contributed by atoms with Crippen molar-refractivity contribution in [3.63, 3.8) is 0 Å². The normalized spacial score (nSPS) is 11.0. The molecule has 11 heteroatoms. The quantitative estimate of drug-likeness (QED) is 0.333. The standard InChI is InChI=1S/C26H28ClN3O6S/c1-3-36-21-12-10-20(11-13-21)30(37(33,34)22-14-8-19(27)9-15-22)18-25(31)29-24-7-5-4-6-23(24)26(32)28-16-17-35-2/h4-15H,3,16-18H2,1-2H3,(H,28,32)(H,29,31). The molecule has 37 heavy (non-hydrogen) atoms. The van der Waals surface area contributed by atoms with E-state index in [1.165, 1.54) is 31.4 Å².